The van der Waals surface area contributed by atoms with E-state index in [1.54, 1.807) is 6.08 Å². The normalized spacial score (nSPS) is 10.4. The van der Waals surface area contributed by atoms with Gasteiger partial charge in [-0.2, -0.15) is 0 Å². The zero-order valence-corrected chi connectivity index (χ0v) is 15.1. The van der Waals surface area contributed by atoms with Gasteiger partial charge in [0.15, 0.2) is 6.61 Å². The number of ether oxygens (including phenoxy) is 1. The minimum atomic E-state index is -0.678. The quantitative estimate of drug-likeness (QED) is 0.553. The fourth-order valence-corrected chi connectivity index (χ4v) is 2.20. The van der Waals surface area contributed by atoms with Gasteiger partial charge in [-0.3, -0.25) is 14.4 Å². The summed E-state index contributed by atoms with van der Waals surface area (Å²) >= 11 is 0. The van der Waals surface area contributed by atoms with Gasteiger partial charge in [0.05, 0.1) is 0 Å². The van der Waals surface area contributed by atoms with Gasteiger partial charge in [-0.05, 0) is 29.7 Å². The van der Waals surface area contributed by atoms with Crippen LogP contribution in [0, 0.1) is 6.92 Å². The topological polar surface area (TPSA) is 84.5 Å². The van der Waals surface area contributed by atoms with Crippen molar-refractivity contribution in [1.82, 2.24) is 10.6 Å². The van der Waals surface area contributed by atoms with E-state index in [2.05, 4.69) is 10.6 Å². The Kier molecular flexibility index (Phi) is 7.78. The van der Waals surface area contributed by atoms with E-state index < -0.39 is 17.8 Å². The van der Waals surface area contributed by atoms with Crippen LogP contribution in [-0.4, -0.2) is 30.9 Å². The van der Waals surface area contributed by atoms with Crippen molar-refractivity contribution in [3.8, 4) is 0 Å². The van der Waals surface area contributed by atoms with Gasteiger partial charge in [0, 0.05) is 12.6 Å². The lowest BCUT2D eigenvalue weighted by atomic mass is 10.1. The van der Waals surface area contributed by atoms with Crippen LogP contribution >= 0.6 is 0 Å². The first-order chi connectivity index (χ1) is 13.0. The zero-order valence-electron chi connectivity index (χ0n) is 15.1. The highest BCUT2D eigenvalue weighted by Gasteiger charge is 2.08. The summed E-state index contributed by atoms with van der Waals surface area (Å²) in [6.45, 7) is 1.63. The molecule has 2 rings (SSSR count). The van der Waals surface area contributed by atoms with Gasteiger partial charge >= 0.3 is 5.97 Å². The molecule has 0 radical (unpaired) electrons. The van der Waals surface area contributed by atoms with Gasteiger partial charge < -0.3 is 15.4 Å². The van der Waals surface area contributed by atoms with Crippen LogP contribution in [0.5, 0.6) is 0 Å². The summed E-state index contributed by atoms with van der Waals surface area (Å²) < 4.78 is 4.85. The van der Waals surface area contributed by atoms with E-state index in [0.29, 0.717) is 6.54 Å². The van der Waals surface area contributed by atoms with Crippen molar-refractivity contribution < 1.29 is 19.1 Å². The molecular weight excluding hydrogens is 344 g/mol. The first kappa shape index (κ1) is 19.9. The number of hydrogen-bond acceptors (Lipinski definition) is 4. The van der Waals surface area contributed by atoms with Crippen molar-refractivity contribution >= 4 is 23.9 Å². The Labute approximate surface area is 158 Å². The van der Waals surface area contributed by atoms with Crippen LogP contribution in [-0.2, 0) is 25.7 Å². The minimum absolute atomic E-state index is 0.303. The van der Waals surface area contributed by atoms with Gasteiger partial charge in [0.25, 0.3) is 5.91 Å². The number of amides is 2. The first-order valence-corrected chi connectivity index (χ1v) is 8.52. The first-order valence-electron chi connectivity index (χ1n) is 8.52. The lowest BCUT2D eigenvalue weighted by Crippen LogP contribution is -2.33. The van der Waals surface area contributed by atoms with Crippen LogP contribution in [0.15, 0.2) is 60.7 Å². The average molecular weight is 366 g/mol. The standard InChI is InChI=1S/C21H22N2O4/c1-16-7-5-6-10-18(16)13-22-20(25)15-27-21(26)14-23-19(24)12-11-17-8-3-2-4-9-17/h2-12H,13-15H2,1H3,(H,22,25)(H,23,24)/b12-11+. The van der Waals surface area contributed by atoms with Crippen LogP contribution < -0.4 is 10.6 Å². The summed E-state index contributed by atoms with van der Waals surface area (Å²) in [7, 11) is 0. The third-order valence-electron chi connectivity index (χ3n) is 3.74. The molecule has 0 atom stereocenters. The van der Waals surface area contributed by atoms with E-state index in [9.17, 15) is 14.4 Å². The number of rotatable bonds is 8. The highest BCUT2D eigenvalue weighted by molar-refractivity contribution is 5.93. The second-order valence-corrected chi connectivity index (χ2v) is 5.83. The van der Waals surface area contributed by atoms with Crippen LogP contribution in [0.4, 0.5) is 0 Å². The van der Waals surface area contributed by atoms with Crippen LogP contribution in [0.1, 0.15) is 16.7 Å². The van der Waals surface area contributed by atoms with Gasteiger partial charge in [-0.15, -0.1) is 0 Å². The molecule has 0 aliphatic carbocycles. The van der Waals surface area contributed by atoms with E-state index in [4.69, 9.17) is 4.74 Å². The van der Waals surface area contributed by atoms with Gasteiger partial charge in [0.1, 0.15) is 6.54 Å². The number of aryl methyl sites for hydroxylation is 1. The van der Waals surface area contributed by atoms with E-state index in [1.807, 2.05) is 61.5 Å². The molecule has 27 heavy (non-hydrogen) atoms. The average Bonchev–Trinajstić information content (AvgIpc) is 2.69. The Morgan fingerprint density at radius 2 is 1.67 bits per heavy atom. The summed E-state index contributed by atoms with van der Waals surface area (Å²) in [6, 6.07) is 17.0. The molecule has 6 heteroatoms. The Hall–Kier alpha value is -3.41. The molecule has 0 saturated heterocycles. The largest absolute Gasteiger partial charge is 0.454 e. The van der Waals surface area contributed by atoms with E-state index in [1.165, 1.54) is 6.08 Å². The molecule has 0 aliphatic rings. The third-order valence-corrected chi connectivity index (χ3v) is 3.74. The van der Waals surface area contributed by atoms with E-state index >= 15 is 0 Å². The predicted molar refractivity (Wildman–Crippen MR) is 102 cm³/mol. The number of benzene rings is 2. The molecule has 2 aromatic rings. The van der Waals surface area contributed by atoms with Crippen molar-refractivity contribution in [2.45, 2.75) is 13.5 Å². The fourth-order valence-electron chi connectivity index (χ4n) is 2.20. The van der Waals surface area contributed by atoms with Crippen LogP contribution in [0.2, 0.25) is 0 Å². The van der Waals surface area contributed by atoms with Gasteiger partial charge in [-0.25, -0.2) is 0 Å². The maximum atomic E-state index is 11.7. The maximum Gasteiger partial charge on any atom is 0.325 e. The Morgan fingerprint density at radius 3 is 2.41 bits per heavy atom. The van der Waals surface area contributed by atoms with Gasteiger partial charge in [0.2, 0.25) is 5.91 Å². The summed E-state index contributed by atoms with van der Waals surface area (Å²) in [5.74, 6) is -1.50. The lowest BCUT2D eigenvalue weighted by Gasteiger charge is -2.08. The van der Waals surface area contributed by atoms with Crippen molar-refractivity contribution in [3.63, 3.8) is 0 Å². The fraction of sp³-hybridized carbons (Fsp3) is 0.190. The van der Waals surface area contributed by atoms with E-state index in [0.717, 1.165) is 16.7 Å². The molecule has 140 valence electrons. The van der Waals surface area contributed by atoms with Crippen LogP contribution in [0.3, 0.4) is 0 Å². The monoisotopic (exact) mass is 366 g/mol. The van der Waals surface area contributed by atoms with Crippen molar-refractivity contribution in [2.75, 3.05) is 13.2 Å². The number of carbonyl (C=O) groups is 3. The second kappa shape index (κ2) is 10.6. The number of hydrogen-bond donors (Lipinski definition) is 2. The molecule has 0 heterocycles. The molecule has 0 spiro atoms. The molecule has 0 aromatic heterocycles. The van der Waals surface area contributed by atoms with Crippen molar-refractivity contribution in [2.24, 2.45) is 0 Å². The van der Waals surface area contributed by atoms with Crippen molar-refractivity contribution in [3.05, 3.63) is 77.4 Å². The molecule has 2 N–H and O–H groups in total. The molecule has 2 amide bonds. The smallest absolute Gasteiger partial charge is 0.325 e. The molecule has 0 bridgehead atoms. The Bertz CT molecular complexity index is 816. The Balaban J connectivity index is 1.64. The molecule has 2 aromatic carbocycles. The molecule has 0 unspecified atom stereocenters. The predicted octanol–water partition coefficient (Wildman–Crippen LogP) is 1.98. The van der Waals surface area contributed by atoms with Crippen LogP contribution in [0.25, 0.3) is 6.08 Å². The number of carbonyl (C=O) groups excluding carboxylic acids is 3. The maximum absolute atomic E-state index is 11.7. The summed E-state index contributed by atoms with van der Waals surface area (Å²) in [4.78, 5) is 35.0. The number of nitrogens with one attached hydrogen (secondary N) is 2. The molecule has 0 aliphatic heterocycles. The van der Waals surface area contributed by atoms with Gasteiger partial charge in [-0.1, -0.05) is 54.6 Å². The SMILES string of the molecule is Cc1ccccc1CNC(=O)COC(=O)CNC(=O)/C=C/c1ccccc1. The molecule has 6 nitrogen and oxygen atoms in total. The third kappa shape index (κ3) is 7.56. The summed E-state index contributed by atoms with van der Waals surface area (Å²) in [5, 5.41) is 5.09. The Morgan fingerprint density at radius 1 is 0.963 bits per heavy atom. The van der Waals surface area contributed by atoms with E-state index in [-0.39, 0.29) is 13.2 Å². The highest BCUT2D eigenvalue weighted by atomic mass is 16.5. The molecule has 0 fully saturated rings. The second-order valence-electron chi connectivity index (χ2n) is 5.83. The summed E-state index contributed by atoms with van der Waals surface area (Å²) in [6.07, 6.45) is 2.97. The number of esters is 1. The highest BCUT2D eigenvalue weighted by Crippen LogP contribution is 2.05. The summed E-state index contributed by atoms with van der Waals surface area (Å²) in [5.41, 5.74) is 2.94. The molecular formula is C21H22N2O4. The van der Waals surface area contributed by atoms with Crippen molar-refractivity contribution in [1.29, 1.82) is 0 Å². The lowest BCUT2D eigenvalue weighted by molar-refractivity contribution is -0.148. The minimum Gasteiger partial charge on any atom is -0.454 e. The molecule has 0 saturated carbocycles. The zero-order chi connectivity index (χ0) is 19.5.